The first-order valence-corrected chi connectivity index (χ1v) is 14.6. The lowest BCUT2D eigenvalue weighted by Gasteiger charge is -2.14. The van der Waals surface area contributed by atoms with Crippen molar-refractivity contribution < 1.29 is 14.3 Å². The number of fused-ring (bicyclic) bond motifs is 1. The van der Waals surface area contributed by atoms with Gasteiger partial charge in [0.05, 0.1) is 5.02 Å². The number of halogens is 2. The predicted molar refractivity (Wildman–Crippen MR) is 170 cm³/mol. The molecule has 0 unspecified atom stereocenters. The molecule has 2 N–H and O–H groups in total. The second-order valence-electron chi connectivity index (χ2n) is 9.95. The summed E-state index contributed by atoms with van der Waals surface area (Å²) in [5.41, 5.74) is 6.88. The van der Waals surface area contributed by atoms with Gasteiger partial charge < -0.3 is 19.9 Å². The summed E-state index contributed by atoms with van der Waals surface area (Å²) < 4.78 is 7.76. The molecular formula is C33H39Cl2N3O3. The summed E-state index contributed by atoms with van der Waals surface area (Å²) in [6, 6.07) is 17.5. The summed E-state index contributed by atoms with van der Waals surface area (Å²) in [4.78, 5) is 24.7. The molecule has 4 rings (SSSR count). The molecule has 6 nitrogen and oxygen atoms in total. The molecule has 4 aromatic rings. The molecule has 0 aliphatic carbocycles. The Bertz CT molecular complexity index is 1540. The molecule has 41 heavy (non-hydrogen) atoms. The molecule has 0 aliphatic rings. The number of hydrogen-bond donors (Lipinski definition) is 2. The average molecular weight is 597 g/mol. The first kappa shape index (κ1) is 32.0. The predicted octanol–water partition coefficient (Wildman–Crippen LogP) is 7.82. The number of aromatic nitrogens is 1. The summed E-state index contributed by atoms with van der Waals surface area (Å²) >= 11 is 12.9. The van der Waals surface area contributed by atoms with Crippen LogP contribution in [0.2, 0.25) is 10.0 Å². The van der Waals surface area contributed by atoms with E-state index in [4.69, 9.17) is 27.9 Å². The van der Waals surface area contributed by atoms with Crippen molar-refractivity contribution in [1.29, 1.82) is 0 Å². The fourth-order valence-corrected chi connectivity index (χ4v) is 5.03. The zero-order chi connectivity index (χ0) is 30.3. The maximum absolute atomic E-state index is 13.0. The molecule has 0 bridgehead atoms. The van der Waals surface area contributed by atoms with Crippen LogP contribution in [-0.2, 0) is 17.9 Å². The Morgan fingerprint density at radius 1 is 0.976 bits per heavy atom. The normalized spacial score (nSPS) is 10.8. The highest BCUT2D eigenvalue weighted by Gasteiger charge is 2.17. The summed E-state index contributed by atoms with van der Waals surface area (Å²) in [7, 11) is 1.55. The number of amides is 2. The van der Waals surface area contributed by atoms with Gasteiger partial charge in [-0.05, 0) is 72.4 Å². The van der Waals surface area contributed by atoms with Crippen molar-refractivity contribution in [3.63, 3.8) is 0 Å². The summed E-state index contributed by atoms with van der Waals surface area (Å²) in [5.74, 6) is 0.454. The fourth-order valence-electron chi connectivity index (χ4n) is 4.53. The van der Waals surface area contributed by atoms with Gasteiger partial charge in [-0.25, -0.2) is 0 Å². The van der Waals surface area contributed by atoms with Gasteiger partial charge in [-0.3, -0.25) is 9.59 Å². The number of ether oxygens (including phenoxy) is 1. The first-order chi connectivity index (χ1) is 19.6. The van der Waals surface area contributed by atoms with Gasteiger partial charge in [0.1, 0.15) is 5.75 Å². The molecule has 0 atom stereocenters. The number of nitrogens with one attached hydrogen (secondary N) is 2. The van der Waals surface area contributed by atoms with Crippen LogP contribution in [0.1, 0.15) is 71.9 Å². The lowest BCUT2D eigenvalue weighted by atomic mass is 10.0. The highest BCUT2D eigenvalue weighted by atomic mass is 35.5. The van der Waals surface area contributed by atoms with E-state index in [0.29, 0.717) is 40.4 Å². The van der Waals surface area contributed by atoms with Crippen LogP contribution in [0.15, 0.2) is 54.6 Å². The largest absolute Gasteiger partial charge is 0.482 e. The summed E-state index contributed by atoms with van der Waals surface area (Å²) in [5, 5.41) is 7.42. The first-order valence-electron chi connectivity index (χ1n) is 13.9. The number of likely N-dealkylation sites (N-methyl/N-ethyl adjacent to an activating group) is 1. The van der Waals surface area contributed by atoms with Crippen molar-refractivity contribution >= 4 is 45.9 Å². The molecular weight excluding hydrogens is 557 g/mol. The number of aryl methyl sites for hydroxylation is 1. The van der Waals surface area contributed by atoms with Gasteiger partial charge in [0.2, 0.25) is 0 Å². The molecule has 1 aromatic heterocycles. The van der Waals surface area contributed by atoms with Gasteiger partial charge in [-0.1, -0.05) is 75.2 Å². The number of carbonyl (C=O) groups is 2. The van der Waals surface area contributed by atoms with E-state index in [2.05, 4.69) is 48.1 Å². The van der Waals surface area contributed by atoms with Crippen LogP contribution < -0.4 is 15.4 Å². The number of hydrogen-bond acceptors (Lipinski definition) is 3. The molecule has 218 valence electrons. The smallest absolute Gasteiger partial charge is 0.257 e. The van der Waals surface area contributed by atoms with Crippen molar-refractivity contribution in [3.8, 4) is 5.75 Å². The maximum atomic E-state index is 13.0. The quantitative estimate of drug-likeness (QED) is 0.207. The van der Waals surface area contributed by atoms with Gasteiger partial charge in [-0.15, -0.1) is 0 Å². The number of benzene rings is 3. The van der Waals surface area contributed by atoms with Crippen molar-refractivity contribution in [2.45, 2.75) is 60.5 Å². The molecule has 2 amide bonds. The Hall–Kier alpha value is -3.48. The van der Waals surface area contributed by atoms with Crippen molar-refractivity contribution in [2.24, 2.45) is 0 Å². The number of nitrogens with zero attached hydrogens (tertiary/aromatic N) is 1. The van der Waals surface area contributed by atoms with Gasteiger partial charge in [0.25, 0.3) is 11.8 Å². The molecule has 0 saturated carbocycles. The van der Waals surface area contributed by atoms with Crippen LogP contribution in [0.25, 0.3) is 10.9 Å². The SMILES string of the molecule is CC.CNC(=O)COc1cc(Cn2c(C)c(C)c3cc(C(=O)NCc4cccc(C(C)C)c4)ccc32)c(Cl)cc1Cl. The molecule has 0 radical (unpaired) electrons. The van der Waals surface area contributed by atoms with Gasteiger partial charge >= 0.3 is 0 Å². The summed E-state index contributed by atoms with van der Waals surface area (Å²) in [6.07, 6.45) is 0. The topological polar surface area (TPSA) is 72.4 Å². The highest BCUT2D eigenvalue weighted by Crippen LogP contribution is 2.34. The van der Waals surface area contributed by atoms with E-state index in [9.17, 15) is 9.59 Å². The van der Waals surface area contributed by atoms with E-state index >= 15 is 0 Å². The Kier molecular flexibility index (Phi) is 11.3. The lowest BCUT2D eigenvalue weighted by molar-refractivity contribution is -0.122. The maximum Gasteiger partial charge on any atom is 0.257 e. The van der Waals surface area contributed by atoms with Crippen molar-refractivity contribution in [3.05, 3.63) is 98.2 Å². The van der Waals surface area contributed by atoms with E-state index in [0.717, 1.165) is 33.3 Å². The summed E-state index contributed by atoms with van der Waals surface area (Å²) in [6.45, 7) is 13.2. The zero-order valence-electron chi connectivity index (χ0n) is 24.8. The van der Waals surface area contributed by atoms with Crippen LogP contribution in [0.5, 0.6) is 5.75 Å². The Balaban J connectivity index is 0.00000226. The van der Waals surface area contributed by atoms with Gasteiger partial charge in [-0.2, -0.15) is 0 Å². The minimum atomic E-state index is -0.255. The Labute approximate surface area is 253 Å². The van der Waals surface area contributed by atoms with Crippen molar-refractivity contribution in [2.75, 3.05) is 13.7 Å². The molecule has 3 aromatic carbocycles. The Morgan fingerprint density at radius 3 is 2.39 bits per heavy atom. The molecule has 1 heterocycles. The number of carbonyl (C=O) groups excluding carboxylic acids is 2. The third-order valence-corrected chi connectivity index (χ3v) is 7.69. The second kappa shape index (κ2) is 14.4. The molecule has 0 aliphatic heterocycles. The van der Waals surface area contributed by atoms with Crippen LogP contribution >= 0.6 is 23.2 Å². The van der Waals surface area contributed by atoms with Crippen LogP contribution in [0.4, 0.5) is 0 Å². The van der Waals surface area contributed by atoms with Crippen LogP contribution in [0, 0.1) is 13.8 Å². The van der Waals surface area contributed by atoms with E-state index < -0.39 is 0 Å². The number of rotatable bonds is 9. The van der Waals surface area contributed by atoms with E-state index in [1.807, 2.05) is 51.1 Å². The zero-order valence-corrected chi connectivity index (χ0v) is 26.3. The van der Waals surface area contributed by atoms with E-state index in [1.54, 1.807) is 19.2 Å². The minimum absolute atomic E-state index is 0.115. The average Bonchev–Trinajstić information content (AvgIpc) is 3.21. The third-order valence-electron chi connectivity index (χ3n) is 7.04. The minimum Gasteiger partial charge on any atom is -0.482 e. The van der Waals surface area contributed by atoms with Gasteiger partial charge in [0, 0.05) is 47.3 Å². The van der Waals surface area contributed by atoms with Gasteiger partial charge in [0.15, 0.2) is 6.61 Å². The standard InChI is InChI=1S/C31H33Cl2N3O3.C2H6/c1-18(2)22-8-6-7-21(11-22)15-35-31(38)23-9-10-28-25(12-23)19(3)20(4)36(28)16-24-13-29(27(33)14-26(24)32)39-17-30(37)34-5;1-2/h6-14,18H,15-17H2,1-5H3,(H,34,37)(H,35,38);1-2H3. The fraction of sp³-hybridized carbons (Fsp3) is 0.333. The molecule has 8 heteroatoms. The Morgan fingerprint density at radius 2 is 1.71 bits per heavy atom. The van der Waals surface area contributed by atoms with E-state index in [1.165, 1.54) is 5.56 Å². The molecule has 0 fully saturated rings. The van der Waals surface area contributed by atoms with Crippen molar-refractivity contribution in [1.82, 2.24) is 15.2 Å². The van der Waals surface area contributed by atoms with E-state index in [-0.39, 0.29) is 18.4 Å². The second-order valence-corrected chi connectivity index (χ2v) is 10.8. The van der Waals surface area contributed by atoms with Crippen LogP contribution in [0.3, 0.4) is 0 Å². The molecule has 0 spiro atoms. The van der Waals surface area contributed by atoms with Crippen LogP contribution in [-0.4, -0.2) is 30.0 Å². The highest BCUT2D eigenvalue weighted by molar-refractivity contribution is 6.36. The monoisotopic (exact) mass is 595 g/mol. The lowest BCUT2D eigenvalue weighted by Crippen LogP contribution is -2.24. The molecule has 0 saturated heterocycles. The third kappa shape index (κ3) is 7.63.